The van der Waals surface area contributed by atoms with Crippen LogP contribution in [0.3, 0.4) is 0 Å². The van der Waals surface area contributed by atoms with Crippen molar-refractivity contribution in [1.29, 1.82) is 0 Å². The zero-order chi connectivity index (χ0) is 15.2. The average Bonchev–Trinajstić information content (AvgIpc) is 3.11. The van der Waals surface area contributed by atoms with E-state index in [0.717, 1.165) is 30.6 Å². The molecular formula is C15H22N2O3S. The zero-order valence-electron chi connectivity index (χ0n) is 12.5. The summed E-state index contributed by atoms with van der Waals surface area (Å²) in [5.74, 6) is -1.13. The van der Waals surface area contributed by atoms with Gasteiger partial charge in [0.25, 0.3) is 0 Å². The summed E-state index contributed by atoms with van der Waals surface area (Å²) in [4.78, 5) is 25.8. The number of nitrogens with one attached hydrogen (secondary N) is 2. The third-order valence-corrected chi connectivity index (χ3v) is 4.80. The fourth-order valence-corrected chi connectivity index (χ4v) is 3.47. The minimum atomic E-state index is -0.586. The maximum absolute atomic E-state index is 11.8. The van der Waals surface area contributed by atoms with E-state index in [1.54, 1.807) is 18.4 Å². The number of aryl methyl sites for hydroxylation is 1. The summed E-state index contributed by atoms with van der Waals surface area (Å²) >= 11 is 1.63. The van der Waals surface area contributed by atoms with Crippen LogP contribution in [0.1, 0.15) is 41.5 Å². The number of thiophene rings is 1. The van der Waals surface area contributed by atoms with Gasteiger partial charge in [0, 0.05) is 29.5 Å². The highest BCUT2D eigenvalue weighted by Gasteiger charge is 2.22. The van der Waals surface area contributed by atoms with E-state index in [-0.39, 0.29) is 12.1 Å². The average molecular weight is 310 g/mol. The molecule has 6 heteroatoms. The number of carbonyl (C=O) groups excluding carboxylic acids is 2. The van der Waals surface area contributed by atoms with Crippen molar-refractivity contribution in [3.63, 3.8) is 0 Å². The maximum atomic E-state index is 11.8. The Morgan fingerprint density at radius 1 is 1.33 bits per heavy atom. The van der Waals surface area contributed by atoms with E-state index in [4.69, 9.17) is 4.74 Å². The summed E-state index contributed by atoms with van der Waals surface area (Å²) in [7, 11) is 1.60. The van der Waals surface area contributed by atoms with Gasteiger partial charge in [-0.2, -0.15) is 0 Å². The van der Waals surface area contributed by atoms with Gasteiger partial charge in [-0.15, -0.1) is 11.3 Å². The normalized spacial score (nSPS) is 16.7. The van der Waals surface area contributed by atoms with E-state index in [9.17, 15) is 9.59 Å². The number of amides is 2. The Balaban J connectivity index is 1.80. The van der Waals surface area contributed by atoms with Crippen molar-refractivity contribution >= 4 is 23.2 Å². The Morgan fingerprint density at radius 3 is 2.62 bits per heavy atom. The Bertz CT molecular complexity index is 495. The van der Waals surface area contributed by atoms with E-state index in [1.165, 1.54) is 4.88 Å². The van der Waals surface area contributed by atoms with E-state index in [2.05, 4.69) is 10.6 Å². The smallest absolute Gasteiger partial charge is 0.309 e. The predicted molar refractivity (Wildman–Crippen MR) is 82.2 cm³/mol. The van der Waals surface area contributed by atoms with Crippen molar-refractivity contribution in [3.8, 4) is 0 Å². The Hall–Kier alpha value is -1.40. The van der Waals surface area contributed by atoms with Crippen LogP contribution in [0.2, 0.25) is 0 Å². The lowest BCUT2D eigenvalue weighted by atomic mass is 10.2. The third kappa shape index (κ3) is 4.54. The van der Waals surface area contributed by atoms with Gasteiger partial charge in [0.05, 0.1) is 0 Å². The molecule has 2 N–H and O–H groups in total. The van der Waals surface area contributed by atoms with Crippen LogP contribution in [0, 0.1) is 6.92 Å². The third-order valence-electron chi connectivity index (χ3n) is 3.71. The van der Waals surface area contributed by atoms with Gasteiger partial charge in [-0.25, -0.2) is 0 Å². The fraction of sp³-hybridized carbons (Fsp3) is 0.600. The van der Waals surface area contributed by atoms with Crippen LogP contribution in [0.15, 0.2) is 12.1 Å². The summed E-state index contributed by atoms with van der Waals surface area (Å²) in [6.45, 7) is 2.32. The van der Waals surface area contributed by atoms with Crippen molar-refractivity contribution in [2.45, 2.75) is 44.8 Å². The van der Waals surface area contributed by atoms with E-state index >= 15 is 0 Å². The van der Waals surface area contributed by atoms with Gasteiger partial charge in [-0.1, -0.05) is 12.8 Å². The molecule has 0 saturated heterocycles. The van der Waals surface area contributed by atoms with Crippen molar-refractivity contribution in [1.82, 2.24) is 10.6 Å². The quantitative estimate of drug-likeness (QED) is 0.817. The molecule has 0 unspecified atom stereocenters. The van der Waals surface area contributed by atoms with Gasteiger partial charge in [-0.05, 0) is 31.9 Å². The zero-order valence-corrected chi connectivity index (χ0v) is 13.3. The number of methoxy groups -OCH3 is 1. The first-order valence-corrected chi connectivity index (χ1v) is 8.09. The molecule has 0 spiro atoms. The van der Waals surface area contributed by atoms with Gasteiger partial charge < -0.3 is 15.4 Å². The van der Waals surface area contributed by atoms with Crippen LogP contribution in [0.25, 0.3) is 0 Å². The largest absolute Gasteiger partial charge is 0.374 e. The standard InChI is InChI=1S/C15H22N2O3S/c1-10-7-8-13(21-10)12(20-2)9-16-14(18)15(19)17-11-5-3-4-6-11/h7-8,11-12H,3-6,9H2,1-2H3,(H,16,18)(H,17,19)/t12-/m0/s1. The second-order valence-corrected chi connectivity index (χ2v) is 6.66. The molecule has 21 heavy (non-hydrogen) atoms. The summed E-state index contributed by atoms with van der Waals surface area (Å²) in [5, 5.41) is 5.42. The summed E-state index contributed by atoms with van der Waals surface area (Å²) in [6, 6.07) is 4.15. The summed E-state index contributed by atoms with van der Waals surface area (Å²) in [6.07, 6.45) is 3.96. The van der Waals surface area contributed by atoms with Gasteiger partial charge in [0.2, 0.25) is 0 Å². The molecular weight excluding hydrogens is 288 g/mol. The molecule has 1 aromatic rings. The molecule has 5 nitrogen and oxygen atoms in total. The number of ether oxygens (including phenoxy) is 1. The molecule has 0 aliphatic heterocycles. The van der Waals surface area contributed by atoms with Gasteiger partial charge in [-0.3, -0.25) is 9.59 Å². The minimum absolute atomic E-state index is 0.154. The molecule has 116 valence electrons. The molecule has 1 aliphatic carbocycles. The molecule has 0 radical (unpaired) electrons. The van der Waals surface area contributed by atoms with E-state index in [0.29, 0.717) is 6.54 Å². The summed E-state index contributed by atoms with van der Waals surface area (Å²) in [5.41, 5.74) is 0. The van der Waals surface area contributed by atoms with Crippen molar-refractivity contribution in [2.24, 2.45) is 0 Å². The SMILES string of the molecule is CO[C@@H](CNC(=O)C(=O)NC1CCCC1)c1ccc(C)s1. The molecule has 0 aromatic carbocycles. The lowest BCUT2D eigenvalue weighted by molar-refractivity contribution is -0.139. The molecule has 1 saturated carbocycles. The Kier molecular flexibility index (Phi) is 5.76. The number of hydrogen-bond donors (Lipinski definition) is 2. The van der Waals surface area contributed by atoms with E-state index < -0.39 is 11.8 Å². The van der Waals surface area contributed by atoms with Gasteiger partial charge in [0.1, 0.15) is 6.10 Å². The molecule has 2 rings (SSSR count). The number of carbonyl (C=O) groups is 2. The lowest BCUT2D eigenvalue weighted by Gasteiger charge is -2.15. The second-order valence-electron chi connectivity index (χ2n) is 5.34. The predicted octanol–water partition coefficient (Wildman–Crippen LogP) is 1.92. The van der Waals surface area contributed by atoms with Crippen LogP contribution in [0.4, 0.5) is 0 Å². The van der Waals surface area contributed by atoms with Gasteiger partial charge in [0.15, 0.2) is 0 Å². The first-order valence-electron chi connectivity index (χ1n) is 7.28. The molecule has 1 aliphatic rings. The van der Waals surface area contributed by atoms with Gasteiger partial charge >= 0.3 is 11.8 Å². The van der Waals surface area contributed by atoms with Crippen molar-refractivity contribution in [3.05, 3.63) is 21.9 Å². The highest BCUT2D eigenvalue weighted by atomic mass is 32.1. The molecule has 2 amide bonds. The monoisotopic (exact) mass is 310 g/mol. The van der Waals surface area contributed by atoms with Crippen molar-refractivity contribution < 1.29 is 14.3 Å². The Labute approximate surface area is 129 Å². The first kappa shape index (κ1) is 16.0. The van der Waals surface area contributed by atoms with Crippen LogP contribution in [-0.4, -0.2) is 31.5 Å². The molecule has 1 fully saturated rings. The molecule has 0 bridgehead atoms. The molecule has 1 atom stereocenters. The van der Waals surface area contributed by atoms with Crippen LogP contribution in [0.5, 0.6) is 0 Å². The second kappa shape index (κ2) is 7.56. The lowest BCUT2D eigenvalue weighted by Crippen LogP contribution is -2.44. The summed E-state index contributed by atoms with van der Waals surface area (Å²) < 4.78 is 5.38. The highest BCUT2D eigenvalue weighted by molar-refractivity contribution is 7.12. The van der Waals surface area contributed by atoms with Crippen LogP contribution >= 0.6 is 11.3 Å². The topological polar surface area (TPSA) is 67.4 Å². The minimum Gasteiger partial charge on any atom is -0.374 e. The fourth-order valence-electron chi connectivity index (χ4n) is 2.51. The first-order chi connectivity index (χ1) is 10.1. The maximum Gasteiger partial charge on any atom is 0.309 e. The number of hydrogen-bond acceptors (Lipinski definition) is 4. The van der Waals surface area contributed by atoms with E-state index in [1.807, 2.05) is 19.1 Å². The van der Waals surface area contributed by atoms with Crippen LogP contribution < -0.4 is 10.6 Å². The Morgan fingerprint density at radius 2 is 2.05 bits per heavy atom. The van der Waals surface area contributed by atoms with Crippen molar-refractivity contribution in [2.75, 3.05) is 13.7 Å². The molecule has 1 heterocycles. The number of rotatable bonds is 5. The molecule has 1 aromatic heterocycles. The van der Waals surface area contributed by atoms with Crippen LogP contribution in [-0.2, 0) is 14.3 Å². The highest BCUT2D eigenvalue weighted by Crippen LogP contribution is 2.24.